The molecule has 2 aliphatic rings. The number of piperazine rings is 1. The Morgan fingerprint density at radius 1 is 1.10 bits per heavy atom. The van der Waals surface area contributed by atoms with Crippen molar-refractivity contribution in [2.75, 3.05) is 32.7 Å². The van der Waals surface area contributed by atoms with Crippen molar-refractivity contribution in [3.05, 3.63) is 0 Å². The fraction of sp³-hybridized carbons (Fsp3) is 0.867. The zero-order chi connectivity index (χ0) is 14.7. The molecule has 2 amide bonds. The maximum atomic E-state index is 12.0. The molecular weight excluding hydrogens is 254 g/mol. The lowest BCUT2D eigenvalue weighted by Gasteiger charge is -2.37. The molecule has 1 N–H and O–H groups in total. The van der Waals surface area contributed by atoms with E-state index in [1.54, 1.807) is 0 Å². The fourth-order valence-electron chi connectivity index (χ4n) is 2.54. The van der Waals surface area contributed by atoms with E-state index < -0.39 is 0 Å². The molecule has 1 saturated carbocycles. The minimum absolute atomic E-state index is 0.0978. The molecule has 5 heteroatoms. The summed E-state index contributed by atoms with van der Waals surface area (Å²) in [6.07, 6.45) is 2.13. The Hall–Kier alpha value is -1.10. The van der Waals surface area contributed by atoms with Crippen molar-refractivity contribution in [2.24, 2.45) is 11.8 Å². The molecule has 1 saturated heterocycles. The second kappa shape index (κ2) is 6.57. The van der Waals surface area contributed by atoms with Crippen LogP contribution in [0.4, 0.5) is 0 Å². The molecule has 0 bridgehead atoms. The van der Waals surface area contributed by atoms with Gasteiger partial charge in [0.25, 0.3) is 0 Å². The first kappa shape index (κ1) is 15.3. The van der Waals surface area contributed by atoms with E-state index >= 15 is 0 Å². The summed E-state index contributed by atoms with van der Waals surface area (Å²) in [5, 5.41) is 2.98. The van der Waals surface area contributed by atoms with Crippen LogP contribution in [0.3, 0.4) is 0 Å². The van der Waals surface area contributed by atoms with Gasteiger partial charge in [0.2, 0.25) is 11.8 Å². The van der Waals surface area contributed by atoms with Crippen LogP contribution in [0.5, 0.6) is 0 Å². The van der Waals surface area contributed by atoms with Gasteiger partial charge in [-0.2, -0.15) is 0 Å². The number of hydrogen-bond acceptors (Lipinski definition) is 3. The molecule has 0 spiro atoms. The molecular formula is C15H27N3O2. The number of carbonyl (C=O) groups is 2. The number of nitrogens with zero attached hydrogens (tertiary/aromatic N) is 2. The standard InChI is InChI=1S/C15H27N3O2/c1-11(2)10-16-14(19)12(3)17-6-8-18(9-7-17)15(20)13-4-5-13/h11-13H,4-10H2,1-3H3,(H,16,19)/t12-/m1/s1. The zero-order valence-electron chi connectivity index (χ0n) is 12.9. The Balaban J connectivity index is 1.74. The van der Waals surface area contributed by atoms with Gasteiger partial charge in [0.1, 0.15) is 0 Å². The van der Waals surface area contributed by atoms with Gasteiger partial charge in [-0.3, -0.25) is 14.5 Å². The number of nitrogens with one attached hydrogen (secondary N) is 1. The van der Waals surface area contributed by atoms with Crippen LogP contribution < -0.4 is 5.32 Å². The highest BCUT2D eigenvalue weighted by Crippen LogP contribution is 2.31. The van der Waals surface area contributed by atoms with E-state index in [0.29, 0.717) is 17.7 Å². The minimum atomic E-state index is -0.105. The van der Waals surface area contributed by atoms with E-state index in [1.807, 2.05) is 11.8 Å². The van der Waals surface area contributed by atoms with Gasteiger partial charge in [0.05, 0.1) is 6.04 Å². The SMILES string of the molecule is CC(C)CNC(=O)[C@@H](C)N1CCN(C(=O)C2CC2)CC1. The number of rotatable bonds is 5. The number of carbonyl (C=O) groups excluding carboxylic acids is 2. The summed E-state index contributed by atoms with van der Waals surface area (Å²) in [7, 11) is 0. The molecule has 1 aliphatic heterocycles. The van der Waals surface area contributed by atoms with E-state index in [0.717, 1.165) is 45.6 Å². The average molecular weight is 281 g/mol. The van der Waals surface area contributed by atoms with Crippen LogP contribution >= 0.6 is 0 Å². The van der Waals surface area contributed by atoms with Crippen LogP contribution in [0, 0.1) is 11.8 Å². The van der Waals surface area contributed by atoms with Crippen LogP contribution in [0.25, 0.3) is 0 Å². The molecule has 0 aromatic rings. The molecule has 0 unspecified atom stereocenters. The van der Waals surface area contributed by atoms with Crippen molar-refractivity contribution in [3.63, 3.8) is 0 Å². The fourth-order valence-corrected chi connectivity index (χ4v) is 2.54. The highest BCUT2D eigenvalue weighted by Gasteiger charge is 2.35. The third-order valence-corrected chi connectivity index (χ3v) is 4.16. The highest BCUT2D eigenvalue weighted by molar-refractivity contribution is 5.82. The van der Waals surface area contributed by atoms with Crippen LogP contribution in [-0.4, -0.2) is 60.4 Å². The predicted molar refractivity (Wildman–Crippen MR) is 78.2 cm³/mol. The molecule has 1 atom stereocenters. The summed E-state index contributed by atoms with van der Waals surface area (Å²) in [6.45, 7) is 9.98. The Kier molecular flexibility index (Phi) is 5.02. The monoisotopic (exact) mass is 281 g/mol. The normalized spacial score (nSPS) is 21.9. The van der Waals surface area contributed by atoms with E-state index in [4.69, 9.17) is 0 Å². The third-order valence-electron chi connectivity index (χ3n) is 4.16. The van der Waals surface area contributed by atoms with Crippen molar-refractivity contribution in [1.29, 1.82) is 0 Å². The second-order valence-corrected chi connectivity index (χ2v) is 6.45. The summed E-state index contributed by atoms with van der Waals surface area (Å²) in [5.74, 6) is 1.19. The van der Waals surface area contributed by atoms with Crippen molar-refractivity contribution in [1.82, 2.24) is 15.1 Å². The number of hydrogen-bond donors (Lipinski definition) is 1. The Morgan fingerprint density at radius 2 is 1.70 bits per heavy atom. The predicted octanol–water partition coefficient (Wildman–Crippen LogP) is 0.701. The van der Waals surface area contributed by atoms with Crippen LogP contribution in [-0.2, 0) is 9.59 Å². The van der Waals surface area contributed by atoms with Crippen molar-refractivity contribution >= 4 is 11.8 Å². The van der Waals surface area contributed by atoms with Crippen molar-refractivity contribution < 1.29 is 9.59 Å². The zero-order valence-corrected chi connectivity index (χ0v) is 12.9. The summed E-state index contributed by atoms with van der Waals surface area (Å²) in [4.78, 5) is 28.2. The lowest BCUT2D eigenvalue weighted by molar-refractivity contribution is -0.135. The van der Waals surface area contributed by atoms with Gasteiger partial charge < -0.3 is 10.2 Å². The topological polar surface area (TPSA) is 52.7 Å². The largest absolute Gasteiger partial charge is 0.354 e. The molecule has 114 valence electrons. The molecule has 1 aliphatic carbocycles. The van der Waals surface area contributed by atoms with Crippen LogP contribution in [0.15, 0.2) is 0 Å². The van der Waals surface area contributed by atoms with Gasteiger partial charge in [-0.05, 0) is 25.7 Å². The molecule has 0 radical (unpaired) electrons. The first-order valence-electron chi connectivity index (χ1n) is 7.79. The van der Waals surface area contributed by atoms with Gasteiger partial charge >= 0.3 is 0 Å². The summed E-state index contributed by atoms with van der Waals surface area (Å²) < 4.78 is 0. The smallest absolute Gasteiger partial charge is 0.237 e. The first-order chi connectivity index (χ1) is 9.49. The highest BCUT2D eigenvalue weighted by atomic mass is 16.2. The van der Waals surface area contributed by atoms with Gasteiger partial charge in [-0.1, -0.05) is 13.8 Å². The van der Waals surface area contributed by atoms with Gasteiger partial charge in [-0.15, -0.1) is 0 Å². The molecule has 0 aromatic carbocycles. The average Bonchev–Trinajstić information content (AvgIpc) is 3.28. The third kappa shape index (κ3) is 3.95. The summed E-state index contributed by atoms with van der Waals surface area (Å²) >= 11 is 0. The maximum absolute atomic E-state index is 12.0. The Labute approximate surface area is 121 Å². The van der Waals surface area contributed by atoms with Crippen molar-refractivity contribution in [2.45, 2.75) is 39.7 Å². The van der Waals surface area contributed by atoms with Crippen LogP contribution in [0.2, 0.25) is 0 Å². The maximum Gasteiger partial charge on any atom is 0.237 e. The van der Waals surface area contributed by atoms with E-state index in [-0.39, 0.29) is 11.9 Å². The van der Waals surface area contributed by atoms with Gasteiger partial charge in [0.15, 0.2) is 0 Å². The van der Waals surface area contributed by atoms with Crippen LogP contribution in [0.1, 0.15) is 33.6 Å². The molecule has 2 fully saturated rings. The summed E-state index contributed by atoms with van der Waals surface area (Å²) in [5.41, 5.74) is 0. The lowest BCUT2D eigenvalue weighted by Crippen LogP contribution is -2.55. The number of amides is 2. The van der Waals surface area contributed by atoms with Gasteiger partial charge in [-0.25, -0.2) is 0 Å². The van der Waals surface area contributed by atoms with Gasteiger partial charge in [0, 0.05) is 38.6 Å². The first-order valence-corrected chi connectivity index (χ1v) is 7.79. The van der Waals surface area contributed by atoms with E-state index in [1.165, 1.54) is 0 Å². The second-order valence-electron chi connectivity index (χ2n) is 6.45. The Morgan fingerprint density at radius 3 is 2.20 bits per heavy atom. The molecule has 5 nitrogen and oxygen atoms in total. The Bertz CT molecular complexity index is 358. The van der Waals surface area contributed by atoms with Crippen molar-refractivity contribution in [3.8, 4) is 0 Å². The minimum Gasteiger partial charge on any atom is -0.354 e. The van der Waals surface area contributed by atoms with E-state index in [2.05, 4.69) is 24.1 Å². The molecule has 0 aromatic heterocycles. The quantitative estimate of drug-likeness (QED) is 0.807. The molecule has 20 heavy (non-hydrogen) atoms. The van der Waals surface area contributed by atoms with E-state index in [9.17, 15) is 9.59 Å². The lowest BCUT2D eigenvalue weighted by atomic mass is 10.2. The molecule has 1 heterocycles. The summed E-state index contributed by atoms with van der Waals surface area (Å²) in [6, 6.07) is -0.105. The molecule has 2 rings (SSSR count).